The lowest BCUT2D eigenvalue weighted by molar-refractivity contribution is -0.143. The van der Waals surface area contributed by atoms with Crippen LogP contribution in [0, 0.1) is 5.92 Å². The Kier molecular flexibility index (Phi) is 6.07. The minimum Gasteiger partial charge on any atom is -0.480 e. The van der Waals surface area contributed by atoms with E-state index in [4.69, 9.17) is 5.11 Å². The molecule has 0 unspecified atom stereocenters. The van der Waals surface area contributed by atoms with Gasteiger partial charge in [0.25, 0.3) is 0 Å². The van der Waals surface area contributed by atoms with Gasteiger partial charge in [-0.3, -0.25) is 9.69 Å². The normalized spacial score (nSPS) is 19.3. The maximum Gasteiger partial charge on any atom is 0.326 e. The third-order valence-corrected chi connectivity index (χ3v) is 3.05. The summed E-state index contributed by atoms with van der Waals surface area (Å²) >= 11 is 0. The molecule has 1 fully saturated rings. The summed E-state index contributed by atoms with van der Waals surface area (Å²) in [6.07, 6.45) is 1.01. The van der Waals surface area contributed by atoms with Crippen LogP contribution in [-0.2, 0) is 9.59 Å². The molecule has 0 aromatic heterocycles. The van der Waals surface area contributed by atoms with Crippen LogP contribution in [0.2, 0.25) is 0 Å². The van der Waals surface area contributed by atoms with Crippen LogP contribution in [0.5, 0.6) is 0 Å². The van der Waals surface area contributed by atoms with E-state index in [-0.39, 0.29) is 18.4 Å². The van der Waals surface area contributed by atoms with Gasteiger partial charge in [0.15, 0.2) is 0 Å². The van der Waals surface area contributed by atoms with Crippen LogP contribution in [0.25, 0.3) is 0 Å². The smallest absolute Gasteiger partial charge is 0.326 e. The fourth-order valence-corrected chi connectivity index (χ4v) is 2.00. The predicted molar refractivity (Wildman–Crippen MR) is 68.3 cm³/mol. The van der Waals surface area contributed by atoms with Crippen LogP contribution < -0.4 is 10.6 Å². The number of rotatable bonds is 5. The highest BCUT2D eigenvalue weighted by Crippen LogP contribution is 2.02. The molecule has 0 radical (unpaired) electrons. The highest BCUT2D eigenvalue weighted by Gasteiger charge is 2.24. The van der Waals surface area contributed by atoms with E-state index in [1.807, 2.05) is 0 Å². The highest BCUT2D eigenvalue weighted by atomic mass is 16.4. The fraction of sp³-hybridized carbons (Fsp3) is 0.833. The topological polar surface area (TPSA) is 81.7 Å². The predicted octanol–water partition coefficient (Wildman–Crippen LogP) is -0.493. The molecule has 1 atom stereocenters. The number of nitrogens with one attached hydrogen (secondary N) is 2. The molecule has 0 bridgehead atoms. The summed E-state index contributed by atoms with van der Waals surface area (Å²) in [6.45, 7) is 7.40. The number of carboxylic acids is 1. The molecular formula is C12H23N3O3. The van der Waals surface area contributed by atoms with E-state index in [1.165, 1.54) is 0 Å². The Bertz CT molecular complexity index is 286. The van der Waals surface area contributed by atoms with Gasteiger partial charge in [0, 0.05) is 13.1 Å². The Labute approximate surface area is 108 Å². The lowest BCUT2D eigenvalue weighted by Crippen LogP contribution is -2.48. The molecule has 0 aliphatic carbocycles. The van der Waals surface area contributed by atoms with Gasteiger partial charge < -0.3 is 15.7 Å². The molecule has 18 heavy (non-hydrogen) atoms. The minimum atomic E-state index is -0.976. The molecule has 0 aromatic rings. The molecule has 1 aliphatic rings. The summed E-state index contributed by atoms with van der Waals surface area (Å²) in [5.74, 6) is -1.30. The van der Waals surface area contributed by atoms with E-state index in [0.29, 0.717) is 0 Å². The average molecular weight is 257 g/mol. The zero-order valence-electron chi connectivity index (χ0n) is 11.1. The SMILES string of the molecule is CC(C)[C@H](NC(=O)CN1CCCNCC1)C(=O)O. The maximum absolute atomic E-state index is 11.8. The van der Waals surface area contributed by atoms with Crippen molar-refractivity contribution in [3.05, 3.63) is 0 Å². The van der Waals surface area contributed by atoms with Crippen LogP contribution in [0.1, 0.15) is 20.3 Å². The number of carboxylic acid groups (broad SMARTS) is 1. The Morgan fingerprint density at radius 3 is 2.67 bits per heavy atom. The fourth-order valence-electron chi connectivity index (χ4n) is 2.00. The van der Waals surface area contributed by atoms with E-state index in [1.54, 1.807) is 13.8 Å². The van der Waals surface area contributed by atoms with Crippen LogP contribution in [0.15, 0.2) is 0 Å². The van der Waals surface area contributed by atoms with Crippen molar-refractivity contribution < 1.29 is 14.7 Å². The quantitative estimate of drug-likeness (QED) is 0.619. The number of hydrogen-bond donors (Lipinski definition) is 3. The van der Waals surface area contributed by atoms with Crippen molar-refractivity contribution in [2.24, 2.45) is 5.92 Å². The largest absolute Gasteiger partial charge is 0.480 e. The molecule has 1 amide bonds. The molecule has 3 N–H and O–H groups in total. The van der Waals surface area contributed by atoms with Crippen LogP contribution >= 0.6 is 0 Å². The Morgan fingerprint density at radius 1 is 1.33 bits per heavy atom. The van der Waals surface area contributed by atoms with E-state index in [2.05, 4.69) is 15.5 Å². The van der Waals surface area contributed by atoms with Gasteiger partial charge in [-0.15, -0.1) is 0 Å². The van der Waals surface area contributed by atoms with Crippen LogP contribution in [0.3, 0.4) is 0 Å². The van der Waals surface area contributed by atoms with Gasteiger partial charge in [-0.2, -0.15) is 0 Å². The zero-order chi connectivity index (χ0) is 13.5. The molecule has 0 spiro atoms. The number of amides is 1. The lowest BCUT2D eigenvalue weighted by Gasteiger charge is -2.22. The minimum absolute atomic E-state index is 0.114. The summed E-state index contributed by atoms with van der Waals surface area (Å²) in [6, 6.07) is -0.803. The van der Waals surface area contributed by atoms with Crippen molar-refractivity contribution in [3.8, 4) is 0 Å². The van der Waals surface area contributed by atoms with Crippen LogP contribution in [-0.4, -0.2) is 60.6 Å². The number of carbonyl (C=O) groups is 2. The first-order valence-corrected chi connectivity index (χ1v) is 6.46. The molecular weight excluding hydrogens is 234 g/mol. The number of carbonyl (C=O) groups excluding carboxylic acids is 1. The Balaban J connectivity index is 2.41. The molecule has 1 rings (SSSR count). The first-order chi connectivity index (χ1) is 8.50. The monoisotopic (exact) mass is 257 g/mol. The molecule has 0 saturated carbocycles. The third kappa shape index (κ3) is 5.01. The van der Waals surface area contributed by atoms with Gasteiger partial charge in [-0.1, -0.05) is 13.8 Å². The van der Waals surface area contributed by atoms with Crippen molar-refractivity contribution in [1.29, 1.82) is 0 Å². The molecule has 6 heteroatoms. The second-order valence-electron chi connectivity index (χ2n) is 5.01. The van der Waals surface area contributed by atoms with Gasteiger partial charge in [-0.05, 0) is 25.4 Å². The summed E-state index contributed by atoms with van der Waals surface area (Å²) < 4.78 is 0. The number of hydrogen-bond acceptors (Lipinski definition) is 4. The average Bonchev–Trinajstić information content (AvgIpc) is 2.53. The molecule has 1 aliphatic heterocycles. The van der Waals surface area contributed by atoms with E-state index < -0.39 is 12.0 Å². The summed E-state index contributed by atoms with van der Waals surface area (Å²) in [5, 5.41) is 14.8. The van der Waals surface area contributed by atoms with Crippen molar-refractivity contribution in [2.45, 2.75) is 26.3 Å². The Morgan fingerprint density at radius 2 is 2.06 bits per heavy atom. The highest BCUT2D eigenvalue weighted by molar-refractivity contribution is 5.84. The standard InChI is InChI=1S/C12H23N3O3/c1-9(2)11(12(17)18)14-10(16)8-15-6-3-4-13-5-7-15/h9,11,13H,3-8H2,1-2H3,(H,14,16)(H,17,18)/t11-/m0/s1. The molecule has 0 aromatic carbocycles. The first kappa shape index (κ1) is 14.9. The van der Waals surface area contributed by atoms with Gasteiger partial charge in [0.05, 0.1) is 6.54 Å². The number of nitrogens with zero attached hydrogens (tertiary/aromatic N) is 1. The first-order valence-electron chi connectivity index (χ1n) is 6.46. The molecule has 1 heterocycles. The van der Waals surface area contributed by atoms with E-state index >= 15 is 0 Å². The molecule has 6 nitrogen and oxygen atoms in total. The second-order valence-corrected chi connectivity index (χ2v) is 5.01. The summed E-state index contributed by atoms with van der Waals surface area (Å²) in [7, 11) is 0. The number of aliphatic carboxylic acids is 1. The van der Waals surface area contributed by atoms with Gasteiger partial charge in [-0.25, -0.2) is 4.79 Å². The van der Waals surface area contributed by atoms with Crippen molar-refractivity contribution in [1.82, 2.24) is 15.5 Å². The molecule has 104 valence electrons. The third-order valence-electron chi connectivity index (χ3n) is 3.05. The summed E-state index contributed by atoms with van der Waals surface area (Å²) in [4.78, 5) is 24.8. The lowest BCUT2D eigenvalue weighted by atomic mass is 10.0. The second kappa shape index (κ2) is 7.33. The zero-order valence-corrected chi connectivity index (χ0v) is 11.1. The maximum atomic E-state index is 11.8. The van der Waals surface area contributed by atoms with Gasteiger partial charge in [0.1, 0.15) is 6.04 Å². The van der Waals surface area contributed by atoms with E-state index in [0.717, 1.165) is 32.6 Å². The summed E-state index contributed by atoms with van der Waals surface area (Å²) in [5.41, 5.74) is 0. The van der Waals surface area contributed by atoms with Crippen LogP contribution in [0.4, 0.5) is 0 Å². The molecule has 1 saturated heterocycles. The van der Waals surface area contributed by atoms with Crippen molar-refractivity contribution in [2.75, 3.05) is 32.7 Å². The Hall–Kier alpha value is -1.14. The van der Waals surface area contributed by atoms with Crippen molar-refractivity contribution in [3.63, 3.8) is 0 Å². The van der Waals surface area contributed by atoms with Gasteiger partial charge in [0.2, 0.25) is 5.91 Å². The van der Waals surface area contributed by atoms with E-state index in [9.17, 15) is 9.59 Å². The van der Waals surface area contributed by atoms with Crippen molar-refractivity contribution >= 4 is 11.9 Å². The van der Waals surface area contributed by atoms with Gasteiger partial charge >= 0.3 is 5.97 Å².